The smallest absolute Gasteiger partial charge is 0.387 e. The average Bonchev–Trinajstić information content (AvgIpc) is 3.52. The molecule has 4 heterocycles. The molecule has 194 valence electrons. The van der Waals surface area contributed by atoms with Crippen molar-refractivity contribution in [1.29, 1.82) is 5.26 Å². The van der Waals surface area contributed by atoms with Gasteiger partial charge < -0.3 is 15.2 Å². The fourth-order valence-electron chi connectivity index (χ4n) is 5.91. The number of amides is 3. The number of ether oxygens (including phenoxy) is 1. The lowest BCUT2D eigenvalue weighted by molar-refractivity contribution is -0.138. The summed E-state index contributed by atoms with van der Waals surface area (Å²) in [5.41, 5.74) is -4.30. The number of aromatic nitrogens is 2. The van der Waals surface area contributed by atoms with Crippen LogP contribution in [0.3, 0.4) is 0 Å². The van der Waals surface area contributed by atoms with Gasteiger partial charge in [0.05, 0.1) is 63.8 Å². The van der Waals surface area contributed by atoms with Crippen molar-refractivity contribution in [2.45, 2.75) is 56.7 Å². The third kappa shape index (κ3) is 3.54. The maximum Gasteiger partial charge on any atom is 0.417 e. The van der Waals surface area contributed by atoms with Gasteiger partial charge in [-0.3, -0.25) is 19.5 Å². The predicted molar refractivity (Wildman–Crippen MR) is 119 cm³/mol. The molecule has 10 nitrogen and oxygen atoms in total. The number of hydrogen-bond acceptors (Lipinski definition) is 7. The summed E-state index contributed by atoms with van der Waals surface area (Å²) < 4.78 is 46.7. The van der Waals surface area contributed by atoms with Crippen LogP contribution in [0.5, 0.6) is 0 Å². The number of aliphatic hydroxyl groups is 1. The zero-order valence-corrected chi connectivity index (χ0v) is 19.9. The minimum absolute atomic E-state index is 0.0108. The normalized spacial score (nSPS) is 31.4. The van der Waals surface area contributed by atoms with E-state index in [2.05, 4.69) is 15.5 Å². The number of alkyl halides is 3. The molecule has 2 aromatic rings. The number of benzene rings is 1. The summed E-state index contributed by atoms with van der Waals surface area (Å²) in [6.45, 7) is 4.73. The Labute approximate surface area is 208 Å². The van der Waals surface area contributed by atoms with Gasteiger partial charge in [0.2, 0.25) is 11.8 Å². The molecule has 3 aliphatic rings. The van der Waals surface area contributed by atoms with Crippen molar-refractivity contribution in [1.82, 2.24) is 15.5 Å². The van der Waals surface area contributed by atoms with E-state index < -0.39 is 70.2 Å². The van der Waals surface area contributed by atoms with E-state index in [1.807, 2.05) is 0 Å². The molecule has 37 heavy (non-hydrogen) atoms. The molecule has 5 rings (SSSR count). The first kappa shape index (κ1) is 24.9. The third-order valence-corrected chi connectivity index (χ3v) is 7.61. The predicted octanol–water partition coefficient (Wildman–Crippen LogP) is 2.21. The van der Waals surface area contributed by atoms with Gasteiger partial charge in [0, 0.05) is 6.42 Å². The van der Waals surface area contributed by atoms with Crippen molar-refractivity contribution in [3.63, 3.8) is 0 Å². The minimum atomic E-state index is -4.86. The number of nitriles is 1. The molecule has 6 atom stereocenters. The summed E-state index contributed by atoms with van der Waals surface area (Å²) in [5.74, 6) is -4.04. The van der Waals surface area contributed by atoms with Crippen LogP contribution in [0.4, 0.5) is 18.9 Å². The lowest BCUT2D eigenvalue weighted by atomic mass is 9.66. The van der Waals surface area contributed by atoms with Crippen molar-refractivity contribution >= 4 is 23.4 Å². The van der Waals surface area contributed by atoms with Gasteiger partial charge in [-0.05, 0) is 45.0 Å². The zero-order chi connectivity index (χ0) is 27.1. The number of fused-ring (bicyclic) bond motifs is 5. The van der Waals surface area contributed by atoms with Crippen LogP contribution in [0, 0.1) is 23.2 Å². The van der Waals surface area contributed by atoms with E-state index in [0.717, 1.165) is 17.0 Å². The number of carbonyl (C=O) groups excluding carboxylic acids is 3. The highest BCUT2D eigenvalue weighted by molar-refractivity contribution is 6.23. The molecular weight excluding hydrogens is 495 g/mol. The summed E-state index contributed by atoms with van der Waals surface area (Å²) in [6.07, 6.45) is -5.55. The Morgan fingerprint density at radius 3 is 2.57 bits per heavy atom. The van der Waals surface area contributed by atoms with E-state index in [4.69, 9.17) is 10.00 Å². The lowest BCUT2D eigenvalue weighted by Gasteiger charge is -2.35. The number of aliphatic hydroxyl groups excluding tert-OH is 1. The monoisotopic (exact) mass is 517 g/mol. The highest BCUT2D eigenvalue weighted by atomic mass is 19.4. The number of hydrogen-bond donors (Lipinski definition) is 3. The maximum absolute atomic E-state index is 13.6. The molecule has 3 fully saturated rings. The van der Waals surface area contributed by atoms with Crippen LogP contribution in [0.15, 0.2) is 24.3 Å². The van der Waals surface area contributed by atoms with E-state index in [-0.39, 0.29) is 17.8 Å². The first-order chi connectivity index (χ1) is 17.2. The van der Waals surface area contributed by atoms with E-state index in [0.29, 0.717) is 11.8 Å². The van der Waals surface area contributed by atoms with Gasteiger partial charge in [-0.1, -0.05) is 0 Å². The number of imide groups is 1. The second-order valence-electron chi connectivity index (χ2n) is 10.0. The number of aromatic amines is 1. The van der Waals surface area contributed by atoms with E-state index in [9.17, 15) is 32.7 Å². The molecular formula is C24H22F3N5O5. The number of H-pyrrole nitrogens is 1. The molecule has 13 heteroatoms. The third-order valence-electron chi connectivity index (χ3n) is 7.61. The fourth-order valence-corrected chi connectivity index (χ4v) is 5.91. The van der Waals surface area contributed by atoms with Crippen LogP contribution in [0.2, 0.25) is 0 Å². The first-order valence-corrected chi connectivity index (χ1v) is 11.4. The minimum Gasteiger partial charge on any atom is -0.387 e. The van der Waals surface area contributed by atoms with Crippen LogP contribution in [0.25, 0.3) is 0 Å². The number of nitrogens with one attached hydrogen (secondary N) is 2. The number of nitrogens with zero attached hydrogens (tertiary/aromatic N) is 3. The molecule has 1 aromatic heterocycles. The second-order valence-corrected chi connectivity index (χ2v) is 10.0. The number of anilines is 1. The SMILES string of the molecule is CC(O)c1cc(C(=O)N[C@H]2C[C@]3(C)O[C@@]2(C)[C@H]2C(=O)N(c4ccc(C#N)c(C(F)(F)F)c4)C(=O)[C@H]23)n[nH]1. The Bertz CT molecular complexity index is 1380. The number of carbonyl (C=O) groups is 3. The van der Waals surface area contributed by atoms with Gasteiger partial charge in [0.1, 0.15) is 5.69 Å². The number of rotatable bonds is 4. The average molecular weight is 517 g/mol. The number of halogens is 3. The van der Waals surface area contributed by atoms with Crippen LogP contribution >= 0.6 is 0 Å². The standard InChI is InChI=1S/C24H22F3N5O5/c1-10(33)14-7-15(31-30-14)19(34)29-16-8-22(2)17-18(23(16,3)37-22)21(36)32(20(17)35)12-5-4-11(9-28)13(6-12)24(25,26)27/h4-7,10,16-18,33H,8H2,1-3H3,(H,29,34)(H,30,31)/t10?,16-,17-,18+,22-,23+/m0/s1. The Morgan fingerprint density at radius 2 is 1.97 bits per heavy atom. The van der Waals surface area contributed by atoms with Gasteiger partial charge in [-0.25, -0.2) is 4.90 Å². The Morgan fingerprint density at radius 1 is 1.30 bits per heavy atom. The van der Waals surface area contributed by atoms with Crippen molar-refractivity contribution in [3.8, 4) is 6.07 Å². The van der Waals surface area contributed by atoms with Crippen LogP contribution < -0.4 is 10.2 Å². The Balaban J connectivity index is 1.46. The molecule has 3 aliphatic heterocycles. The molecule has 3 amide bonds. The fraction of sp³-hybridized carbons (Fsp3) is 0.458. The molecule has 0 aliphatic carbocycles. The summed E-state index contributed by atoms with van der Waals surface area (Å²) in [4.78, 5) is 40.5. The molecule has 0 saturated carbocycles. The highest BCUT2D eigenvalue weighted by Crippen LogP contribution is 2.61. The molecule has 0 spiro atoms. The largest absolute Gasteiger partial charge is 0.417 e. The van der Waals surface area contributed by atoms with Crippen LogP contribution in [0.1, 0.15) is 60.6 Å². The van der Waals surface area contributed by atoms with Crippen LogP contribution in [-0.2, 0) is 20.5 Å². The Hall–Kier alpha value is -3.76. The van der Waals surface area contributed by atoms with Crippen molar-refractivity contribution in [3.05, 3.63) is 46.8 Å². The van der Waals surface area contributed by atoms with Gasteiger partial charge in [-0.2, -0.15) is 23.5 Å². The Kier molecular flexibility index (Phi) is 5.30. The summed E-state index contributed by atoms with van der Waals surface area (Å²) in [6, 6.07) is 4.84. The quantitative estimate of drug-likeness (QED) is 0.527. The van der Waals surface area contributed by atoms with E-state index in [1.54, 1.807) is 13.8 Å². The summed E-state index contributed by atoms with van der Waals surface area (Å²) in [5, 5.41) is 28.0. The maximum atomic E-state index is 13.6. The van der Waals surface area contributed by atoms with Gasteiger partial charge in [-0.15, -0.1) is 0 Å². The van der Waals surface area contributed by atoms with E-state index >= 15 is 0 Å². The molecule has 1 unspecified atom stereocenters. The highest BCUT2D eigenvalue weighted by Gasteiger charge is 2.76. The van der Waals surface area contributed by atoms with Gasteiger partial charge >= 0.3 is 6.18 Å². The van der Waals surface area contributed by atoms with Crippen molar-refractivity contribution in [2.24, 2.45) is 11.8 Å². The van der Waals surface area contributed by atoms with Gasteiger partial charge in [0.25, 0.3) is 5.91 Å². The molecule has 3 saturated heterocycles. The van der Waals surface area contributed by atoms with Gasteiger partial charge in [0.15, 0.2) is 0 Å². The summed E-state index contributed by atoms with van der Waals surface area (Å²) in [7, 11) is 0. The van der Waals surface area contributed by atoms with Crippen molar-refractivity contribution < 1.29 is 37.4 Å². The topological polar surface area (TPSA) is 148 Å². The zero-order valence-electron chi connectivity index (χ0n) is 19.9. The lowest BCUT2D eigenvalue weighted by Crippen LogP contribution is -2.56. The second kappa shape index (κ2) is 7.87. The molecule has 0 radical (unpaired) electrons. The van der Waals surface area contributed by atoms with Crippen molar-refractivity contribution in [2.75, 3.05) is 4.90 Å². The first-order valence-electron chi connectivity index (χ1n) is 11.4. The molecule has 2 bridgehead atoms. The van der Waals surface area contributed by atoms with Crippen LogP contribution in [-0.4, -0.2) is 50.3 Å². The summed E-state index contributed by atoms with van der Waals surface area (Å²) >= 11 is 0. The molecule has 1 aromatic carbocycles. The molecule has 3 N–H and O–H groups in total. The van der Waals surface area contributed by atoms with E-state index in [1.165, 1.54) is 19.1 Å².